The fourth-order valence-electron chi connectivity index (χ4n) is 1.13. The smallest absolute Gasteiger partial charge is 0.239 e. The third-order valence-corrected chi connectivity index (χ3v) is 2.01. The van der Waals surface area contributed by atoms with Gasteiger partial charge in [-0.05, 0) is 12.8 Å². The second-order valence-electron chi connectivity index (χ2n) is 3.44. The third-order valence-electron chi connectivity index (χ3n) is 2.01. The van der Waals surface area contributed by atoms with Gasteiger partial charge in [0, 0.05) is 13.6 Å². The van der Waals surface area contributed by atoms with Crippen molar-refractivity contribution in [3.8, 4) is 0 Å². The Kier molecular flexibility index (Phi) is 6.86. The van der Waals surface area contributed by atoms with Crippen LogP contribution in [0, 0.1) is 0 Å². The van der Waals surface area contributed by atoms with Gasteiger partial charge in [-0.15, -0.1) is 0 Å². The zero-order valence-corrected chi connectivity index (χ0v) is 9.43. The number of amides is 1. The average molecular weight is 229 g/mol. The number of nitrogens with zero attached hydrogens (tertiary/aromatic N) is 2. The Bertz CT molecular complexity index is 263. The molecule has 0 unspecified atom stereocenters. The molecule has 7 nitrogen and oxygen atoms in total. The molecular weight excluding hydrogens is 210 g/mol. The van der Waals surface area contributed by atoms with Crippen molar-refractivity contribution in [2.24, 2.45) is 22.2 Å². The quantitative estimate of drug-likeness (QED) is 0.202. The number of guanidine groups is 1. The van der Waals surface area contributed by atoms with Crippen molar-refractivity contribution in [3.63, 3.8) is 0 Å². The largest absolute Gasteiger partial charge is 0.370 e. The van der Waals surface area contributed by atoms with E-state index in [0.717, 1.165) is 0 Å². The molecule has 0 aliphatic heterocycles. The van der Waals surface area contributed by atoms with Gasteiger partial charge in [0.05, 0.1) is 12.6 Å². The maximum Gasteiger partial charge on any atom is 0.239 e. The zero-order valence-electron chi connectivity index (χ0n) is 9.43. The van der Waals surface area contributed by atoms with Crippen LogP contribution in [0.1, 0.15) is 12.8 Å². The maximum absolute atomic E-state index is 11.5. The second kappa shape index (κ2) is 7.63. The summed E-state index contributed by atoms with van der Waals surface area (Å²) in [5.74, 6) is -0.227. The van der Waals surface area contributed by atoms with Crippen molar-refractivity contribution < 1.29 is 9.59 Å². The Balaban J connectivity index is 3.87. The number of hydrogen-bond acceptors (Lipinski definition) is 4. The molecule has 0 aliphatic carbocycles. The van der Waals surface area contributed by atoms with Crippen LogP contribution in [0.4, 0.5) is 0 Å². The Labute approximate surface area is 94.7 Å². The predicted octanol–water partition coefficient (Wildman–Crippen LogP) is -1.98. The summed E-state index contributed by atoms with van der Waals surface area (Å²) in [4.78, 5) is 26.8. The Morgan fingerprint density at radius 2 is 2.12 bits per heavy atom. The molecule has 1 atom stereocenters. The second-order valence-corrected chi connectivity index (χ2v) is 3.44. The summed E-state index contributed by atoms with van der Waals surface area (Å²) in [6.07, 6.45) is 1.77. The van der Waals surface area contributed by atoms with Gasteiger partial charge in [-0.1, -0.05) is 0 Å². The van der Waals surface area contributed by atoms with E-state index in [1.54, 1.807) is 0 Å². The molecule has 0 spiro atoms. The molecule has 16 heavy (non-hydrogen) atoms. The van der Waals surface area contributed by atoms with Crippen LogP contribution in [0.25, 0.3) is 0 Å². The summed E-state index contributed by atoms with van der Waals surface area (Å²) in [7, 11) is 1.53. The van der Waals surface area contributed by atoms with E-state index >= 15 is 0 Å². The summed E-state index contributed by atoms with van der Waals surface area (Å²) in [6.45, 7) is 0.501. The lowest BCUT2D eigenvalue weighted by molar-refractivity contribution is -0.133. The van der Waals surface area contributed by atoms with E-state index in [4.69, 9.17) is 17.2 Å². The van der Waals surface area contributed by atoms with E-state index < -0.39 is 6.04 Å². The van der Waals surface area contributed by atoms with Crippen LogP contribution >= 0.6 is 0 Å². The minimum absolute atomic E-state index is 0.0259. The average Bonchev–Trinajstić information content (AvgIpc) is 2.23. The minimum atomic E-state index is -0.612. The summed E-state index contributed by atoms with van der Waals surface area (Å²) in [5.41, 5.74) is 15.9. The number of rotatable bonds is 7. The Morgan fingerprint density at radius 1 is 1.50 bits per heavy atom. The number of likely N-dealkylation sites (N-methyl/N-ethyl adjacent to an activating group) is 1. The van der Waals surface area contributed by atoms with Crippen LogP contribution in [-0.2, 0) is 9.59 Å². The van der Waals surface area contributed by atoms with Crippen molar-refractivity contribution in [2.75, 3.05) is 20.1 Å². The van der Waals surface area contributed by atoms with Gasteiger partial charge in [0.25, 0.3) is 0 Å². The van der Waals surface area contributed by atoms with Gasteiger partial charge in [0.15, 0.2) is 5.96 Å². The molecule has 7 heteroatoms. The summed E-state index contributed by atoms with van der Waals surface area (Å²) in [5, 5.41) is 0. The lowest BCUT2D eigenvalue weighted by Gasteiger charge is -2.18. The van der Waals surface area contributed by atoms with E-state index in [0.29, 0.717) is 25.7 Å². The molecule has 6 N–H and O–H groups in total. The molecule has 0 bridgehead atoms. The summed E-state index contributed by atoms with van der Waals surface area (Å²) < 4.78 is 0. The monoisotopic (exact) mass is 229 g/mol. The van der Waals surface area contributed by atoms with Crippen molar-refractivity contribution in [1.82, 2.24) is 4.90 Å². The van der Waals surface area contributed by atoms with Crippen LogP contribution < -0.4 is 17.2 Å². The van der Waals surface area contributed by atoms with E-state index in [9.17, 15) is 9.59 Å². The van der Waals surface area contributed by atoms with Crippen LogP contribution in [0.3, 0.4) is 0 Å². The summed E-state index contributed by atoms with van der Waals surface area (Å²) >= 11 is 0. The lowest BCUT2D eigenvalue weighted by atomic mass is 10.1. The van der Waals surface area contributed by atoms with Gasteiger partial charge >= 0.3 is 0 Å². The lowest BCUT2D eigenvalue weighted by Crippen LogP contribution is -2.42. The molecule has 0 aromatic heterocycles. The molecule has 0 fully saturated rings. The van der Waals surface area contributed by atoms with Crippen LogP contribution in [-0.4, -0.2) is 49.2 Å². The van der Waals surface area contributed by atoms with Gasteiger partial charge in [0.2, 0.25) is 5.91 Å². The fraction of sp³-hybridized carbons (Fsp3) is 0.667. The first-order valence-electron chi connectivity index (χ1n) is 4.98. The first-order chi connectivity index (χ1) is 7.49. The van der Waals surface area contributed by atoms with Crippen LogP contribution in [0.5, 0.6) is 0 Å². The molecule has 0 radical (unpaired) electrons. The number of aliphatic imine (C=N–C) groups is 1. The van der Waals surface area contributed by atoms with E-state index in [2.05, 4.69) is 4.99 Å². The molecule has 0 rings (SSSR count). The molecule has 92 valence electrons. The number of carbonyl (C=O) groups excluding carboxylic acids is 2. The van der Waals surface area contributed by atoms with Crippen LogP contribution in [0.15, 0.2) is 4.99 Å². The van der Waals surface area contributed by atoms with Gasteiger partial charge in [-0.2, -0.15) is 0 Å². The highest BCUT2D eigenvalue weighted by Crippen LogP contribution is 1.98. The first-order valence-corrected chi connectivity index (χ1v) is 4.98. The normalized spacial score (nSPS) is 11.6. The first kappa shape index (κ1) is 14.4. The highest BCUT2D eigenvalue weighted by molar-refractivity contribution is 5.83. The number of carbonyl (C=O) groups is 2. The zero-order chi connectivity index (χ0) is 12.6. The van der Waals surface area contributed by atoms with Gasteiger partial charge in [-0.3, -0.25) is 9.79 Å². The molecule has 0 saturated heterocycles. The SMILES string of the molecule is CN(CC=O)C(=O)[C@@H](N)CCCN=C(N)N. The van der Waals surface area contributed by atoms with Crippen molar-refractivity contribution in [1.29, 1.82) is 0 Å². The number of aldehydes is 1. The molecular formula is C9H19N5O2. The molecule has 1 amide bonds. The predicted molar refractivity (Wildman–Crippen MR) is 61.6 cm³/mol. The minimum Gasteiger partial charge on any atom is -0.370 e. The Hall–Kier alpha value is -1.63. The third kappa shape index (κ3) is 5.97. The van der Waals surface area contributed by atoms with Gasteiger partial charge in [-0.25, -0.2) is 0 Å². The number of hydrogen-bond donors (Lipinski definition) is 3. The maximum atomic E-state index is 11.5. The van der Waals surface area contributed by atoms with E-state index in [1.165, 1.54) is 11.9 Å². The standard InChI is InChI=1S/C9H19N5O2/c1-14(5-6-15)8(16)7(10)3-2-4-13-9(11)12/h6-7H,2-5,10H2,1H3,(H4,11,12,13)/t7-/m0/s1. The fourth-order valence-corrected chi connectivity index (χ4v) is 1.13. The molecule has 0 saturated carbocycles. The number of nitrogens with two attached hydrogens (primary N) is 3. The van der Waals surface area contributed by atoms with Crippen molar-refractivity contribution >= 4 is 18.2 Å². The van der Waals surface area contributed by atoms with Crippen LogP contribution in [0.2, 0.25) is 0 Å². The Morgan fingerprint density at radius 3 is 2.62 bits per heavy atom. The van der Waals surface area contributed by atoms with Crippen molar-refractivity contribution in [2.45, 2.75) is 18.9 Å². The van der Waals surface area contributed by atoms with E-state index in [-0.39, 0.29) is 18.4 Å². The molecule has 0 aliphatic rings. The molecule has 0 aromatic carbocycles. The molecule has 0 aromatic rings. The van der Waals surface area contributed by atoms with E-state index in [1.807, 2.05) is 0 Å². The van der Waals surface area contributed by atoms with Gasteiger partial charge < -0.3 is 26.9 Å². The van der Waals surface area contributed by atoms with Crippen molar-refractivity contribution in [3.05, 3.63) is 0 Å². The van der Waals surface area contributed by atoms with Gasteiger partial charge in [0.1, 0.15) is 6.29 Å². The highest BCUT2D eigenvalue weighted by Gasteiger charge is 2.16. The molecule has 0 heterocycles. The summed E-state index contributed by atoms with van der Waals surface area (Å²) in [6, 6.07) is -0.612. The highest BCUT2D eigenvalue weighted by atomic mass is 16.2. The topological polar surface area (TPSA) is 128 Å².